The zero-order valence-corrected chi connectivity index (χ0v) is 15.0. The highest BCUT2D eigenvalue weighted by atomic mass is 32.2. The lowest BCUT2D eigenvalue weighted by Gasteiger charge is -2.21. The maximum absolute atomic E-state index is 12.3. The van der Waals surface area contributed by atoms with E-state index in [1.165, 1.54) is 18.6 Å². The number of esters is 2. The number of rotatable bonds is 3. The predicted molar refractivity (Wildman–Crippen MR) is 94.3 cm³/mol. The van der Waals surface area contributed by atoms with Crippen LogP contribution < -0.4 is 10.6 Å². The Balaban J connectivity index is 1.37. The maximum atomic E-state index is 12.3. The Morgan fingerprint density at radius 2 is 2.00 bits per heavy atom. The second kappa shape index (κ2) is 7.47. The van der Waals surface area contributed by atoms with Gasteiger partial charge in [0.2, 0.25) is 0 Å². The van der Waals surface area contributed by atoms with Crippen molar-refractivity contribution in [1.82, 2.24) is 20.6 Å². The van der Waals surface area contributed by atoms with Gasteiger partial charge in [-0.05, 0) is 38.0 Å². The number of thioether (sulfide) groups is 1. The third-order valence-electron chi connectivity index (χ3n) is 5.18. The van der Waals surface area contributed by atoms with E-state index >= 15 is 0 Å². The van der Waals surface area contributed by atoms with Gasteiger partial charge in [0.05, 0.1) is 11.4 Å². The van der Waals surface area contributed by atoms with Gasteiger partial charge in [-0.1, -0.05) is 0 Å². The lowest BCUT2D eigenvalue weighted by molar-refractivity contribution is -0.162. The van der Waals surface area contributed by atoms with Crippen LogP contribution in [-0.2, 0) is 27.3 Å². The van der Waals surface area contributed by atoms with E-state index < -0.39 is 18.0 Å². The van der Waals surface area contributed by atoms with Gasteiger partial charge in [0.15, 0.2) is 0 Å². The molecule has 0 saturated carbocycles. The van der Waals surface area contributed by atoms with Crippen LogP contribution in [0, 0.1) is 0 Å². The molecule has 0 aromatic carbocycles. The molecule has 1 unspecified atom stereocenters. The van der Waals surface area contributed by atoms with Crippen molar-refractivity contribution in [3.63, 3.8) is 0 Å². The predicted octanol–water partition coefficient (Wildman–Crippen LogP) is 0.856. The van der Waals surface area contributed by atoms with Gasteiger partial charge in [0.1, 0.15) is 17.9 Å². The van der Waals surface area contributed by atoms with Crippen LogP contribution in [0.25, 0.3) is 0 Å². The smallest absolute Gasteiger partial charge is 0.331 e. The summed E-state index contributed by atoms with van der Waals surface area (Å²) in [6.07, 6.45) is 4.53. The Bertz CT molecular complexity index is 650. The number of ether oxygens (including phenoxy) is 1. The van der Waals surface area contributed by atoms with Crippen LogP contribution >= 0.6 is 11.8 Å². The summed E-state index contributed by atoms with van der Waals surface area (Å²) in [7, 11) is 0. The van der Waals surface area contributed by atoms with Gasteiger partial charge in [-0.2, -0.15) is 11.8 Å². The van der Waals surface area contributed by atoms with E-state index in [1.54, 1.807) is 0 Å². The molecule has 1 aromatic rings. The third kappa shape index (κ3) is 3.75. The van der Waals surface area contributed by atoms with Crippen LogP contribution in [0.15, 0.2) is 0 Å². The van der Waals surface area contributed by atoms with Gasteiger partial charge < -0.3 is 15.0 Å². The lowest BCUT2D eigenvalue weighted by atomic mass is 10.1. The van der Waals surface area contributed by atoms with Crippen LogP contribution in [-0.4, -0.2) is 52.0 Å². The molecular formula is C17H24N4O3S. The highest BCUT2D eigenvalue weighted by Gasteiger charge is 2.33. The summed E-state index contributed by atoms with van der Waals surface area (Å²) >= 11 is 1.97. The number of nitrogens with zero attached hydrogens (tertiary/aromatic N) is 1. The first-order chi connectivity index (χ1) is 12.2. The average molecular weight is 364 g/mol. The number of aromatic nitrogens is 2. The quantitative estimate of drug-likeness (QED) is 0.541. The molecule has 4 heterocycles. The fraction of sp³-hybridized carbons (Fsp3) is 0.706. The van der Waals surface area contributed by atoms with E-state index in [-0.39, 0.29) is 6.04 Å². The third-order valence-corrected chi connectivity index (χ3v) is 6.40. The molecule has 0 aliphatic carbocycles. The number of fused-ring (bicyclic) bond motifs is 1. The number of aromatic amines is 1. The number of nitrogens with one attached hydrogen (secondary N) is 3. The number of hydrogen-bond acceptors (Lipinski definition) is 7. The number of H-pyrrole nitrogens is 1. The summed E-state index contributed by atoms with van der Waals surface area (Å²) in [6, 6.07) is -0.848. The first-order valence-electron chi connectivity index (χ1n) is 9.08. The molecule has 1 aromatic heterocycles. The molecule has 3 atom stereocenters. The van der Waals surface area contributed by atoms with Gasteiger partial charge in [0.25, 0.3) is 0 Å². The van der Waals surface area contributed by atoms with E-state index in [4.69, 9.17) is 9.72 Å². The van der Waals surface area contributed by atoms with E-state index in [0.717, 1.165) is 42.4 Å². The number of carbonyl (C=O) groups is 2. The van der Waals surface area contributed by atoms with Crippen LogP contribution in [0.5, 0.6) is 0 Å². The Morgan fingerprint density at radius 3 is 2.76 bits per heavy atom. The van der Waals surface area contributed by atoms with E-state index in [1.807, 2.05) is 11.8 Å². The normalized spacial score (nSPS) is 29.2. The van der Waals surface area contributed by atoms with Crippen molar-refractivity contribution >= 4 is 23.7 Å². The number of imidazole rings is 1. The standard InChI is InChI=1S/C17H24N4O3S/c22-16(11-4-1-5-18-11)24-17(23)13-7-12-14(8-19-13)21-15(20-12)10-3-2-6-25-9-10/h10-11,13,18-19H,1-9H2,(H,20,21)/t10?,11-,13-/m0/s1. The summed E-state index contributed by atoms with van der Waals surface area (Å²) in [5.74, 6) is 2.90. The minimum Gasteiger partial charge on any atom is -0.391 e. The fourth-order valence-electron chi connectivity index (χ4n) is 3.72. The number of carbonyl (C=O) groups excluding carboxylic acids is 2. The molecule has 0 spiro atoms. The average Bonchev–Trinajstić information content (AvgIpc) is 3.31. The Morgan fingerprint density at radius 1 is 1.12 bits per heavy atom. The van der Waals surface area contributed by atoms with E-state index in [9.17, 15) is 9.59 Å². The van der Waals surface area contributed by atoms with Gasteiger partial charge in [-0.15, -0.1) is 0 Å². The Labute approximate surface area is 151 Å². The van der Waals surface area contributed by atoms with Crippen molar-refractivity contribution in [2.75, 3.05) is 18.1 Å². The first kappa shape index (κ1) is 17.1. The molecule has 0 radical (unpaired) electrons. The summed E-state index contributed by atoms with van der Waals surface area (Å²) in [6.45, 7) is 1.35. The molecule has 2 saturated heterocycles. The summed E-state index contributed by atoms with van der Waals surface area (Å²) in [5, 5.41) is 6.22. The Hall–Kier alpha value is -1.38. The molecule has 0 amide bonds. The SMILES string of the molecule is O=C(OC(=O)[C@@H]1Cc2nc(C3CCCSC3)[nH]c2CN1)[C@@H]1CCCN1. The minimum absolute atomic E-state index is 0.344. The van der Waals surface area contributed by atoms with E-state index in [0.29, 0.717) is 18.9 Å². The van der Waals surface area contributed by atoms with Crippen LogP contribution in [0.2, 0.25) is 0 Å². The number of hydrogen-bond donors (Lipinski definition) is 3. The molecule has 7 nitrogen and oxygen atoms in total. The second-order valence-corrected chi connectivity index (χ2v) is 8.14. The highest BCUT2D eigenvalue weighted by molar-refractivity contribution is 7.99. The molecule has 3 N–H and O–H groups in total. The van der Waals surface area contributed by atoms with Crippen molar-refractivity contribution < 1.29 is 14.3 Å². The second-order valence-electron chi connectivity index (χ2n) is 6.99. The molecular weight excluding hydrogens is 340 g/mol. The molecule has 3 aliphatic heterocycles. The molecule has 25 heavy (non-hydrogen) atoms. The first-order valence-corrected chi connectivity index (χ1v) is 10.2. The summed E-state index contributed by atoms with van der Waals surface area (Å²) in [4.78, 5) is 32.5. The Kier molecular flexibility index (Phi) is 5.10. The monoisotopic (exact) mass is 364 g/mol. The van der Waals surface area contributed by atoms with Crippen molar-refractivity contribution in [2.24, 2.45) is 0 Å². The molecule has 136 valence electrons. The fourth-order valence-corrected chi connectivity index (χ4v) is 4.86. The van der Waals surface area contributed by atoms with Crippen LogP contribution in [0.4, 0.5) is 0 Å². The maximum Gasteiger partial charge on any atom is 0.331 e. The zero-order valence-electron chi connectivity index (χ0n) is 14.2. The van der Waals surface area contributed by atoms with Gasteiger partial charge in [0, 0.05) is 24.6 Å². The molecule has 0 bridgehead atoms. The zero-order chi connectivity index (χ0) is 17.2. The lowest BCUT2D eigenvalue weighted by Crippen LogP contribution is -2.45. The largest absolute Gasteiger partial charge is 0.391 e. The summed E-state index contributed by atoms with van der Waals surface area (Å²) < 4.78 is 5.07. The topological polar surface area (TPSA) is 96.1 Å². The molecule has 3 aliphatic rings. The highest BCUT2D eigenvalue weighted by Crippen LogP contribution is 2.30. The van der Waals surface area contributed by atoms with Crippen molar-refractivity contribution in [2.45, 2.75) is 56.7 Å². The van der Waals surface area contributed by atoms with Crippen molar-refractivity contribution in [3.8, 4) is 0 Å². The van der Waals surface area contributed by atoms with Crippen LogP contribution in [0.1, 0.15) is 48.8 Å². The van der Waals surface area contributed by atoms with Gasteiger partial charge in [-0.25, -0.2) is 14.6 Å². The molecule has 8 heteroatoms. The van der Waals surface area contributed by atoms with Gasteiger partial charge in [-0.3, -0.25) is 5.32 Å². The van der Waals surface area contributed by atoms with Gasteiger partial charge >= 0.3 is 11.9 Å². The molecule has 2 fully saturated rings. The minimum atomic E-state index is -0.505. The molecule has 4 rings (SSSR count). The van der Waals surface area contributed by atoms with Crippen LogP contribution in [0.3, 0.4) is 0 Å². The van der Waals surface area contributed by atoms with Crippen molar-refractivity contribution in [1.29, 1.82) is 0 Å². The summed E-state index contributed by atoms with van der Waals surface area (Å²) in [5.41, 5.74) is 1.98. The van der Waals surface area contributed by atoms with Crippen molar-refractivity contribution in [3.05, 3.63) is 17.2 Å². The van der Waals surface area contributed by atoms with E-state index in [2.05, 4.69) is 15.6 Å².